The first-order valence-corrected chi connectivity index (χ1v) is 6.95. The number of halogens is 1. The molecule has 0 aliphatic heterocycles. The molecule has 1 aliphatic rings. The largest absolute Gasteiger partial charge is 0.294 e. The van der Waals surface area contributed by atoms with Crippen molar-refractivity contribution in [2.45, 2.75) is 25.7 Å². The Labute approximate surface area is 110 Å². The predicted molar refractivity (Wildman–Crippen MR) is 75.0 cm³/mol. The molecule has 1 aromatic carbocycles. The zero-order chi connectivity index (χ0) is 11.4. The van der Waals surface area contributed by atoms with E-state index < -0.39 is 0 Å². The van der Waals surface area contributed by atoms with Crippen LogP contribution in [0.5, 0.6) is 0 Å². The summed E-state index contributed by atoms with van der Waals surface area (Å²) in [6, 6.07) is 8.03. The van der Waals surface area contributed by atoms with E-state index in [1.165, 1.54) is 5.56 Å². The second kappa shape index (κ2) is 5.62. The molecule has 84 valence electrons. The Kier molecular flexibility index (Phi) is 4.16. The first kappa shape index (κ1) is 11.8. The van der Waals surface area contributed by atoms with Crippen molar-refractivity contribution in [1.82, 2.24) is 0 Å². The Hall–Kier alpha value is -0.640. The SMILES string of the molecule is O=C1c2ccccc2CCC1CC/C=C\I. The molecule has 0 spiro atoms. The maximum atomic E-state index is 12.2. The summed E-state index contributed by atoms with van der Waals surface area (Å²) in [5.41, 5.74) is 2.19. The zero-order valence-corrected chi connectivity index (χ0v) is 11.3. The minimum atomic E-state index is 0.238. The highest BCUT2D eigenvalue weighted by molar-refractivity contribution is 14.1. The number of carbonyl (C=O) groups excluding carboxylic acids is 1. The van der Waals surface area contributed by atoms with Gasteiger partial charge in [0.25, 0.3) is 0 Å². The molecule has 1 unspecified atom stereocenters. The molecule has 2 heteroatoms. The maximum Gasteiger partial charge on any atom is 0.166 e. The number of Topliss-reactive ketones (excluding diaryl/α,β-unsaturated/α-hetero) is 1. The van der Waals surface area contributed by atoms with E-state index in [2.05, 4.69) is 34.7 Å². The van der Waals surface area contributed by atoms with Crippen molar-refractivity contribution in [1.29, 1.82) is 0 Å². The highest BCUT2D eigenvalue weighted by Crippen LogP contribution is 2.28. The van der Waals surface area contributed by atoms with Gasteiger partial charge in [0.05, 0.1) is 0 Å². The molecule has 1 nitrogen and oxygen atoms in total. The molecular formula is C14H15IO. The third-order valence-electron chi connectivity index (χ3n) is 3.19. The zero-order valence-electron chi connectivity index (χ0n) is 9.16. The Bertz CT molecular complexity index is 409. The standard InChI is InChI=1S/C14H15IO/c15-10-4-3-6-12-9-8-11-5-1-2-7-13(11)14(12)16/h1-2,4-5,7,10,12H,3,6,8-9H2/b10-4-. The first-order valence-electron chi connectivity index (χ1n) is 5.70. The maximum absolute atomic E-state index is 12.2. The van der Waals surface area contributed by atoms with Gasteiger partial charge in [-0.1, -0.05) is 52.9 Å². The quantitative estimate of drug-likeness (QED) is 0.762. The normalized spacial score (nSPS) is 20.1. The average molecular weight is 326 g/mol. The monoisotopic (exact) mass is 326 g/mol. The Balaban J connectivity index is 2.09. The summed E-state index contributed by atoms with van der Waals surface area (Å²) in [4.78, 5) is 12.2. The molecule has 0 radical (unpaired) electrons. The number of allylic oxidation sites excluding steroid dienone is 1. The molecule has 1 aromatic rings. The van der Waals surface area contributed by atoms with Gasteiger partial charge < -0.3 is 0 Å². The summed E-state index contributed by atoms with van der Waals surface area (Å²) in [7, 11) is 0. The van der Waals surface area contributed by atoms with Crippen molar-refractivity contribution in [3.8, 4) is 0 Å². The third-order valence-corrected chi connectivity index (χ3v) is 3.70. The summed E-state index contributed by atoms with van der Waals surface area (Å²) in [6.07, 6.45) is 6.22. The second-order valence-electron chi connectivity index (χ2n) is 4.20. The third kappa shape index (κ3) is 2.54. The summed E-state index contributed by atoms with van der Waals surface area (Å²) in [6.45, 7) is 0. The second-order valence-corrected chi connectivity index (χ2v) is 4.92. The highest BCUT2D eigenvalue weighted by Gasteiger charge is 2.25. The van der Waals surface area contributed by atoms with Gasteiger partial charge in [-0.05, 0) is 35.3 Å². The number of hydrogen-bond donors (Lipinski definition) is 0. The summed E-state index contributed by atoms with van der Waals surface area (Å²) in [5.74, 6) is 0.589. The number of hydrogen-bond acceptors (Lipinski definition) is 1. The first-order chi connectivity index (χ1) is 7.83. The Morgan fingerprint density at radius 1 is 1.38 bits per heavy atom. The van der Waals surface area contributed by atoms with Crippen LogP contribution in [0.1, 0.15) is 35.2 Å². The van der Waals surface area contributed by atoms with Gasteiger partial charge >= 0.3 is 0 Å². The fraction of sp³-hybridized carbons (Fsp3) is 0.357. The molecule has 0 amide bonds. The highest BCUT2D eigenvalue weighted by atomic mass is 127. The van der Waals surface area contributed by atoms with Crippen LogP contribution < -0.4 is 0 Å². The van der Waals surface area contributed by atoms with Crippen molar-refractivity contribution >= 4 is 28.4 Å². The molecule has 16 heavy (non-hydrogen) atoms. The number of aryl methyl sites for hydroxylation is 1. The number of rotatable bonds is 3. The van der Waals surface area contributed by atoms with E-state index in [1.54, 1.807) is 0 Å². The van der Waals surface area contributed by atoms with Crippen molar-refractivity contribution in [3.05, 3.63) is 45.6 Å². The van der Waals surface area contributed by atoms with E-state index in [0.717, 1.165) is 31.2 Å². The van der Waals surface area contributed by atoms with Crippen molar-refractivity contribution < 1.29 is 4.79 Å². The molecular weight excluding hydrogens is 311 g/mol. The van der Waals surface area contributed by atoms with Gasteiger partial charge in [0.1, 0.15) is 0 Å². The van der Waals surface area contributed by atoms with Gasteiger partial charge in [0.15, 0.2) is 5.78 Å². The number of fused-ring (bicyclic) bond motifs is 1. The topological polar surface area (TPSA) is 17.1 Å². The lowest BCUT2D eigenvalue weighted by Crippen LogP contribution is -2.22. The molecule has 1 atom stereocenters. The van der Waals surface area contributed by atoms with E-state index >= 15 is 0 Å². The van der Waals surface area contributed by atoms with E-state index in [-0.39, 0.29) is 5.92 Å². The van der Waals surface area contributed by atoms with Gasteiger partial charge in [-0.2, -0.15) is 0 Å². The van der Waals surface area contributed by atoms with E-state index in [4.69, 9.17) is 0 Å². The van der Waals surface area contributed by atoms with Gasteiger partial charge in [0, 0.05) is 11.5 Å². The number of ketones is 1. The fourth-order valence-electron chi connectivity index (χ4n) is 2.30. The minimum absolute atomic E-state index is 0.238. The Morgan fingerprint density at radius 2 is 2.19 bits per heavy atom. The van der Waals surface area contributed by atoms with Crippen LogP contribution in [0.4, 0.5) is 0 Å². The molecule has 0 heterocycles. The fourth-order valence-corrected chi connectivity index (χ4v) is 2.65. The minimum Gasteiger partial charge on any atom is -0.294 e. The average Bonchev–Trinajstić information content (AvgIpc) is 2.33. The van der Waals surface area contributed by atoms with Crippen LogP contribution in [-0.4, -0.2) is 5.78 Å². The molecule has 0 N–H and O–H groups in total. The van der Waals surface area contributed by atoms with Crippen molar-refractivity contribution in [2.24, 2.45) is 5.92 Å². The van der Waals surface area contributed by atoms with Gasteiger partial charge in [-0.25, -0.2) is 0 Å². The summed E-state index contributed by atoms with van der Waals surface area (Å²) < 4.78 is 2.03. The van der Waals surface area contributed by atoms with Crippen LogP contribution in [-0.2, 0) is 6.42 Å². The van der Waals surface area contributed by atoms with Gasteiger partial charge in [-0.3, -0.25) is 4.79 Å². The molecule has 1 aliphatic carbocycles. The van der Waals surface area contributed by atoms with Crippen molar-refractivity contribution in [3.63, 3.8) is 0 Å². The molecule has 0 bridgehead atoms. The predicted octanol–water partition coefficient (Wildman–Crippen LogP) is 4.16. The number of carbonyl (C=O) groups is 1. The van der Waals surface area contributed by atoms with Gasteiger partial charge in [0.2, 0.25) is 0 Å². The summed E-state index contributed by atoms with van der Waals surface area (Å²) >= 11 is 2.22. The van der Waals surface area contributed by atoms with Crippen LogP contribution >= 0.6 is 22.6 Å². The Morgan fingerprint density at radius 3 is 3.00 bits per heavy atom. The van der Waals surface area contributed by atoms with Crippen LogP contribution in [0.2, 0.25) is 0 Å². The van der Waals surface area contributed by atoms with Crippen LogP contribution in [0.25, 0.3) is 0 Å². The van der Waals surface area contributed by atoms with E-state index in [0.29, 0.717) is 5.78 Å². The summed E-state index contributed by atoms with van der Waals surface area (Å²) in [5, 5.41) is 0. The van der Waals surface area contributed by atoms with E-state index in [1.807, 2.05) is 22.3 Å². The molecule has 0 fully saturated rings. The van der Waals surface area contributed by atoms with Crippen LogP contribution in [0, 0.1) is 5.92 Å². The smallest absolute Gasteiger partial charge is 0.166 e. The number of benzene rings is 1. The lowest BCUT2D eigenvalue weighted by atomic mass is 9.80. The van der Waals surface area contributed by atoms with Crippen LogP contribution in [0.15, 0.2) is 34.4 Å². The molecule has 0 saturated carbocycles. The molecule has 0 saturated heterocycles. The lowest BCUT2D eigenvalue weighted by molar-refractivity contribution is 0.0895. The van der Waals surface area contributed by atoms with Crippen molar-refractivity contribution in [2.75, 3.05) is 0 Å². The molecule has 0 aromatic heterocycles. The molecule has 2 rings (SSSR count). The van der Waals surface area contributed by atoms with E-state index in [9.17, 15) is 4.79 Å². The van der Waals surface area contributed by atoms with Gasteiger partial charge in [-0.15, -0.1) is 0 Å². The van der Waals surface area contributed by atoms with Crippen LogP contribution in [0.3, 0.4) is 0 Å². The lowest BCUT2D eigenvalue weighted by Gasteiger charge is -2.22.